The molecule has 2 aromatic carbocycles. The molecule has 0 radical (unpaired) electrons. The summed E-state index contributed by atoms with van der Waals surface area (Å²) in [6, 6.07) is 16.1. The van der Waals surface area contributed by atoms with Gasteiger partial charge in [0.1, 0.15) is 19.3 Å². The van der Waals surface area contributed by atoms with Crippen molar-refractivity contribution < 1.29 is 19.1 Å². The van der Waals surface area contributed by atoms with E-state index in [9.17, 15) is 9.59 Å². The lowest BCUT2D eigenvalue weighted by Crippen LogP contribution is -2.49. The van der Waals surface area contributed by atoms with E-state index in [0.717, 1.165) is 16.0 Å². The maximum atomic E-state index is 14.0. The first-order chi connectivity index (χ1) is 16.2. The Kier molecular flexibility index (Phi) is 6.93. The van der Waals surface area contributed by atoms with Crippen LogP contribution in [-0.4, -0.2) is 35.5 Å². The fraction of sp³-hybridized carbons (Fsp3) is 0.333. The molecule has 4 rings (SSSR count). The molecule has 2 amide bonds. The predicted molar refractivity (Wildman–Crippen MR) is 133 cm³/mol. The summed E-state index contributed by atoms with van der Waals surface area (Å²) in [5, 5.41) is 5.04. The molecular formula is C27H30N2O4S. The van der Waals surface area contributed by atoms with Gasteiger partial charge in [-0.3, -0.25) is 9.59 Å². The summed E-state index contributed by atoms with van der Waals surface area (Å²) in [7, 11) is 0. The number of carbonyl (C=O) groups is 2. The first-order valence-electron chi connectivity index (χ1n) is 11.3. The lowest BCUT2D eigenvalue weighted by molar-refractivity contribution is -0.127. The Balaban J connectivity index is 1.77. The molecule has 6 nitrogen and oxygen atoms in total. The summed E-state index contributed by atoms with van der Waals surface area (Å²) < 4.78 is 11.3. The van der Waals surface area contributed by atoms with Gasteiger partial charge in [0.05, 0.1) is 6.54 Å². The Bertz CT molecular complexity index is 1150. The summed E-state index contributed by atoms with van der Waals surface area (Å²) in [6.45, 7) is 9.02. The fourth-order valence-electron chi connectivity index (χ4n) is 3.85. The quantitative estimate of drug-likeness (QED) is 0.534. The van der Waals surface area contributed by atoms with E-state index in [-0.39, 0.29) is 11.8 Å². The van der Waals surface area contributed by atoms with Gasteiger partial charge >= 0.3 is 0 Å². The Morgan fingerprint density at radius 2 is 1.74 bits per heavy atom. The Morgan fingerprint density at radius 3 is 2.38 bits per heavy atom. The number of hydrogen-bond donors (Lipinski definition) is 1. The summed E-state index contributed by atoms with van der Waals surface area (Å²) in [6.07, 6.45) is 0. The van der Waals surface area contributed by atoms with Crippen LogP contribution in [0.1, 0.15) is 53.2 Å². The normalized spacial score (nSPS) is 13.8. The van der Waals surface area contributed by atoms with Crippen molar-refractivity contribution in [3.63, 3.8) is 0 Å². The van der Waals surface area contributed by atoms with Crippen molar-refractivity contribution in [1.82, 2.24) is 10.2 Å². The molecule has 1 aliphatic heterocycles. The second-order valence-electron chi connectivity index (χ2n) is 9.42. The zero-order chi connectivity index (χ0) is 24.3. The highest BCUT2D eigenvalue weighted by Crippen LogP contribution is 2.33. The maximum absolute atomic E-state index is 14.0. The zero-order valence-corrected chi connectivity index (χ0v) is 20.8. The van der Waals surface area contributed by atoms with Crippen molar-refractivity contribution in [2.45, 2.75) is 45.8 Å². The molecule has 0 spiro atoms. The smallest absolute Gasteiger partial charge is 0.255 e. The van der Waals surface area contributed by atoms with E-state index in [1.165, 1.54) is 0 Å². The van der Waals surface area contributed by atoms with E-state index in [2.05, 4.69) is 5.32 Å². The predicted octanol–water partition coefficient (Wildman–Crippen LogP) is 5.13. The van der Waals surface area contributed by atoms with E-state index in [0.29, 0.717) is 36.8 Å². The van der Waals surface area contributed by atoms with Crippen molar-refractivity contribution in [3.8, 4) is 11.5 Å². The number of hydrogen-bond acceptors (Lipinski definition) is 5. The number of aryl methyl sites for hydroxylation is 1. The first-order valence-corrected chi connectivity index (χ1v) is 12.2. The summed E-state index contributed by atoms with van der Waals surface area (Å²) in [5.41, 5.74) is 1.84. The van der Waals surface area contributed by atoms with Gasteiger partial charge in [0, 0.05) is 16.0 Å². The van der Waals surface area contributed by atoms with Crippen LogP contribution in [0.15, 0.2) is 60.0 Å². The molecular weight excluding hydrogens is 448 g/mol. The third-order valence-corrected chi connectivity index (χ3v) is 6.27. The number of fused-ring (bicyclic) bond motifs is 1. The lowest BCUT2D eigenvalue weighted by Gasteiger charge is -2.34. The molecule has 1 atom stereocenters. The van der Waals surface area contributed by atoms with Crippen molar-refractivity contribution in [1.29, 1.82) is 0 Å². The Morgan fingerprint density at radius 1 is 1.03 bits per heavy atom. The van der Waals surface area contributed by atoms with Crippen LogP contribution in [0.25, 0.3) is 0 Å². The molecule has 1 aliphatic rings. The number of ether oxygens (including phenoxy) is 2. The number of thiophene rings is 1. The van der Waals surface area contributed by atoms with Crippen molar-refractivity contribution in [2.24, 2.45) is 0 Å². The molecule has 34 heavy (non-hydrogen) atoms. The monoisotopic (exact) mass is 478 g/mol. The van der Waals surface area contributed by atoms with Gasteiger partial charge < -0.3 is 19.7 Å². The Hall–Kier alpha value is -3.32. The molecule has 0 unspecified atom stereocenters. The molecule has 7 heteroatoms. The van der Waals surface area contributed by atoms with Crippen LogP contribution in [0.2, 0.25) is 0 Å². The van der Waals surface area contributed by atoms with Gasteiger partial charge in [-0.15, -0.1) is 11.3 Å². The van der Waals surface area contributed by atoms with E-state index >= 15 is 0 Å². The highest BCUT2D eigenvalue weighted by atomic mass is 32.1. The molecule has 0 aliphatic carbocycles. The van der Waals surface area contributed by atoms with Gasteiger partial charge in [0.25, 0.3) is 5.91 Å². The van der Waals surface area contributed by atoms with E-state index in [4.69, 9.17) is 9.47 Å². The van der Waals surface area contributed by atoms with E-state index in [1.807, 2.05) is 69.5 Å². The highest BCUT2D eigenvalue weighted by molar-refractivity contribution is 7.09. The molecule has 178 valence electrons. The highest BCUT2D eigenvalue weighted by Gasteiger charge is 2.34. The number of amides is 2. The summed E-state index contributed by atoms with van der Waals surface area (Å²) >= 11 is 1.56. The van der Waals surface area contributed by atoms with Crippen LogP contribution in [0.3, 0.4) is 0 Å². The molecule has 1 aromatic heterocycles. The zero-order valence-electron chi connectivity index (χ0n) is 20.0. The molecule has 0 saturated carbocycles. The van der Waals surface area contributed by atoms with E-state index < -0.39 is 11.6 Å². The largest absolute Gasteiger partial charge is 0.486 e. The van der Waals surface area contributed by atoms with Crippen LogP contribution in [0.4, 0.5) is 0 Å². The first kappa shape index (κ1) is 23.8. The van der Waals surface area contributed by atoms with Gasteiger partial charge in [-0.2, -0.15) is 0 Å². The average molecular weight is 479 g/mol. The SMILES string of the molecule is Cc1ccc([C@@H](C(=O)NC(C)(C)C)N(Cc2cccs2)C(=O)c2ccc3c(c2)OCCO3)cc1. The molecule has 1 N–H and O–H groups in total. The van der Waals surface area contributed by atoms with Gasteiger partial charge in [0.2, 0.25) is 5.91 Å². The number of rotatable bonds is 6. The van der Waals surface area contributed by atoms with Crippen LogP contribution in [-0.2, 0) is 11.3 Å². The molecule has 0 fully saturated rings. The minimum absolute atomic E-state index is 0.223. The average Bonchev–Trinajstić information content (AvgIpc) is 3.31. The summed E-state index contributed by atoms with van der Waals surface area (Å²) in [5.74, 6) is 0.686. The van der Waals surface area contributed by atoms with Crippen LogP contribution in [0, 0.1) is 6.92 Å². The maximum Gasteiger partial charge on any atom is 0.255 e. The number of nitrogens with zero attached hydrogens (tertiary/aromatic N) is 1. The second kappa shape index (κ2) is 9.89. The molecule has 2 heterocycles. The van der Waals surface area contributed by atoms with Crippen LogP contribution in [0.5, 0.6) is 11.5 Å². The van der Waals surface area contributed by atoms with Crippen molar-refractivity contribution >= 4 is 23.2 Å². The van der Waals surface area contributed by atoms with Crippen molar-refractivity contribution in [2.75, 3.05) is 13.2 Å². The Labute approximate surface area is 204 Å². The minimum atomic E-state index is -0.803. The molecule has 0 bridgehead atoms. The minimum Gasteiger partial charge on any atom is -0.486 e. The standard InChI is InChI=1S/C27H30N2O4S/c1-18-7-9-19(10-8-18)24(25(30)28-27(2,3)4)29(17-21-6-5-15-34-21)26(31)20-11-12-22-23(16-20)33-14-13-32-22/h5-12,15-16,24H,13-14,17H2,1-4H3,(H,28,30)/t24-/m0/s1. The molecule has 0 saturated heterocycles. The number of benzene rings is 2. The van der Waals surface area contributed by atoms with Gasteiger partial charge in [0.15, 0.2) is 11.5 Å². The molecule has 3 aromatic rings. The third-order valence-electron chi connectivity index (χ3n) is 5.41. The number of carbonyl (C=O) groups excluding carboxylic acids is 2. The summed E-state index contributed by atoms with van der Waals surface area (Å²) in [4.78, 5) is 30.2. The number of nitrogens with one attached hydrogen (secondary N) is 1. The van der Waals surface area contributed by atoms with Gasteiger partial charge in [-0.25, -0.2) is 0 Å². The van der Waals surface area contributed by atoms with Gasteiger partial charge in [-0.1, -0.05) is 35.9 Å². The van der Waals surface area contributed by atoms with Crippen molar-refractivity contribution in [3.05, 3.63) is 81.5 Å². The van der Waals surface area contributed by atoms with E-state index in [1.54, 1.807) is 34.4 Å². The third kappa shape index (κ3) is 5.59. The lowest BCUT2D eigenvalue weighted by atomic mass is 9.99. The van der Waals surface area contributed by atoms with Crippen LogP contribution >= 0.6 is 11.3 Å². The van der Waals surface area contributed by atoms with Crippen LogP contribution < -0.4 is 14.8 Å². The fourth-order valence-corrected chi connectivity index (χ4v) is 4.56. The topological polar surface area (TPSA) is 67.9 Å². The van der Waals surface area contributed by atoms with Gasteiger partial charge in [-0.05, 0) is 62.9 Å². The second-order valence-corrected chi connectivity index (χ2v) is 10.5.